The molecule has 0 saturated carbocycles. The fraction of sp³-hybridized carbons (Fsp3) is 0.474. The number of benzene rings is 1. The highest BCUT2D eigenvalue weighted by Gasteiger charge is 2.25. The van der Waals surface area contributed by atoms with Crippen LogP contribution < -0.4 is 5.32 Å². The van der Waals surface area contributed by atoms with Crippen LogP contribution in [0.25, 0.3) is 11.3 Å². The Kier molecular flexibility index (Phi) is 5.59. The highest BCUT2D eigenvalue weighted by atomic mass is 32.1. The molecule has 1 aromatic carbocycles. The first-order valence-electron chi connectivity index (χ1n) is 9.07. The summed E-state index contributed by atoms with van der Waals surface area (Å²) in [6.45, 7) is 4.85. The highest BCUT2D eigenvalue weighted by Crippen LogP contribution is 2.32. The number of carbonyl (C=O) groups excluding carboxylic acids is 1. The van der Waals surface area contributed by atoms with Crippen molar-refractivity contribution in [2.75, 3.05) is 38.2 Å². The van der Waals surface area contributed by atoms with Crippen molar-refractivity contribution in [2.45, 2.75) is 25.5 Å². The Balaban J connectivity index is 1.56. The molecule has 1 atom stereocenters. The molecule has 1 amide bonds. The second-order valence-corrected chi connectivity index (χ2v) is 7.62. The Bertz CT molecular complexity index is 738. The zero-order valence-corrected chi connectivity index (χ0v) is 15.5. The number of amides is 1. The summed E-state index contributed by atoms with van der Waals surface area (Å²) < 4.78 is 10.9. The Hall–Kier alpha value is -1.80. The van der Waals surface area contributed by atoms with Crippen molar-refractivity contribution < 1.29 is 14.3 Å². The van der Waals surface area contributed by atoms with Crippen LogP contribution in [0.4, 0.5) is 5.13 Å². The van der Waals surface area contributed by atoms with Gasteiger partial charge in [0.1, 0.15) is 6.10 Å². The fourth-order valence-corrected chi connectivity index (χ4v) is 4.30. The summed E-state index contributed by atoms with van der Waals surface area (Å²) in [5, 5.41) is 3.60. The zero-order valence-electron chi connectivity index (χ0n) is 14.6. The molecule has 0 aliphatic carbocycles. The van der Waals surface area contributed by atoms with Crippen molar-refractivity contribution >= 4 is 22.4 Å². The molecule has 0 bridgehead atoms. The number of hydrogen-bond donors (Lipinski definition) is 1. The molecule has 1 N–H and O–H groups in total. The molecule has 138 valence electrons. The lowest BCUT2D eigenvalue weighted by molar-refractivity contribution is -0.124. The Labute approximate surface area is 157 Å². The molecule has 2 aliphatic heterocycles. The Morgan fingerprint density at radius 1 is 1.23 bits per heavy atom. The summed E-state index contributed by atoms with van der Waals surface area (Å²) in [4.78, 5) is 20.6. The first-order valence-corrected chi connectivity index (χ1v) is 9.89. The number of anilines is 1. The van der Waals surface area contributed by atoms with Crippen LogP contribution in [0.2, 0.25) is 0 Å². The van der Waals surface area contributed by atoms with Crippen molar-refractivity contribution in [2.24, 2.45) is 0 Å². The van der Waals surface area contributed by atoms with Gasteiger partial charge < -0.3 is 9.47 Å². The van der Waals surface area contributed by atoms with Crippen LogP contribution in [-0.4, -0.2) is 54.8 Å². The van der Waals surface area contributed by atoms with E-state index in [0.717, 1.165) is 56.9 Å². The molecular formula is C19H23N3O3S. The minimum absolute atomic E-state index is 0.0891. The van der Waals surface area contributed by atoms with Gasteiger partial charge in [0.05, 0.1) is 18.9 Å². The van der Waals surface area contributed by atoms with Gasteiger partial charge in [-0.25, -0.2) is 4.98 Å². The van der Waals surface area contributed by atoms with E-state index in [0.29, 0.717) is 11.7 Å². The molecule has 2 aromatic rings. The van der Waals surface area contributed by atoms with E-state index in [9.17, 15) is 4.79 Å². The molecule has 2 aliphatic rings. The quantitative estimate of drug-likeness (QED) is 0.873. The van der Waals surface area contributed by atoms with E-state index in [-0.39, 0.29) is 12.0 Å². The largest absolute Gasteiger partial charge is 0.379 e. The standard InChI is InChI=1S/C19H23N3O3S/c23-18(15-7-4-10-25-15)21-19-20-17(14-5-2-1-3-6-14)16(26-19)13-22-8-11-24-12-9-22/h1-3,5-6,15H,4,7-13H2,(H,20,21,23). The van der Waals surface area contributed by atoms with Crippen LogP contribution in [0.3, 0.4) is 0 Å². The molecule has 2 fully saturated rings. The van der Waals surface area contributed by atoms with Gasteiger partial charge in [0.2, 0.25) is 0 Å². The van der Waals surface area contributed by atoms with Crippen LogP contribution in [-0.2, 0) is 20.8 Å². The van der Waals surface area contributed by atoms with Crippen LogP contribution in [0, 0.1) is 0 Å². The zero-order chi connectivity index (χ0) is 17.8. The van der Waals surface area contributed by atoms with Gasteiger partial charge in [-0.2, -0.15) is 0 Å². The van der Waals surface area contributed by atoms with E-state index in [2.05, 4.69) is 22.3 Å². The number of hydrogen-bond acceptors (Lipinski definition) is 6. The number of rotatable bonds is 5. The monoisotopic (exact) mass is 373 g/mol. The van der Waals surface area contributed by atoms with Gasteiger partial charge in [0.15, 0.2) is 5.13 Å². The Morgan fingerprint density at radius 3 is 2.77 bits per heavy atom. The lowest BCUT2D eigenvalue weighted by Gasteiger charge is -2.26. The van der Waals surface area contributed by atoms with Crippen molar-refractivity contribution in [1.82, 2.24) is 9.88 Å². The average Bonchev–Trinajstić information content (AvgIpc) is 3.34. The molecular weight excluding hydrogens is 350 g/mol. The van der Waals surface area contributed by atoms with Crippen LogP contribution in [0.5, 0.6) is 0 Å². The van der Waals surface area contributed by atoms with Gasteiger partial charge >= 0.3 is 0 Å². The van der Waals surface area contributed by atoms with Gasteiger partial charge in [0, 0.05) is 36.7 Å². The predicted molar refractivity (Wildman–Crippen MR) is 101 cm³/mol. The molecule has 6 nitrogen and oxygen atoms in total. The number of aromatic nitrogens is 1. The molecule has 7 heteroatoms. The van der Waals surface area contributed by atoms with Crippen molar-refractivity contribution in [3.05, 3.63) is 35.2 Å². The molecule has 0 radical (unpaired) electrons. The molecule has 3 heterocycles. The summed E-state index contributed by atoms with van der Waals surface area (Å²) in [6.07, 6.45) is 1.37. The van der Waals surface area contributed by atoms with E-state index in [1.54, 1.807) is 11.3 Å². The Morgan fingerprint density at radius 2 is 2.04 bits per heavy atom. The highest BCUT2D eigenvalue weighted by molar-refractivity contribution is 7.16. The maximum atomic E-state index is 12.4. The van der Waals surface area contributed by atoms with Crippen molar-refractivity contribution in [3.63, 3.8) is 0 Å². The summed E-state index contributed by atoms with van der Waals surface area (Å²) in [7, 11) is 0. The number of nitrogens with one attached hydrogen (secondary N) is 1. The van der Waals surface area contributed by atoms with Gasteiger partial charge in [-0.3, -0.25) is 15.0 Å². The summed E-state index contributed by atoms with van der Waals surface area (Å²) in [5.74, 6) is -0.0891. The van der Waals surface area contributed by atoms with Crippen molar-refractivity contribution in [1.29, 1.82) is 0 Å². The average molecular weight is 373 g/mol. The number of carbonyl (C=O) groups is 1. The maximum Gasteiger partial charge on any atom is 0.255 e. The minimum atomic E-state index is -0.346. The van der Waals surface area contributed by atoms with Gasteiger partial charge in [-0.1, -0.05) is 41.7 Å². The van der Waals surface area contributed by atoms with Gasteiger partial charge in [-0.15, -0.1) is 0 Å². The van der Waals surface area contributed by atoms with E-state index in [1.165, 1.54) is 4.88 Å². The first-order chi connectivity index (χ1) is 12.8. The lowest BCUT2D eigenvalue weighted by atomic mass is 10.1. The van der Waals surface area contributed by atoms with Crippen LogP contribution in [0.1, 0.15) is 17.7 Å². The minimum Gasteiger partial charge on any atom is -0.379 e. The van der Waals surface area contributed by atoms with Crippen molar-refractivity contribution in [3.8, 4) is 11.3 Å². The lowest BCUT2D eigenvalue weighted by Crippen LogP contribution is -2.35. The third kappa shape index (κ3) is 4.12. The van der Waals surface area contributed by atoms with Gasteiger partial charge in [0.25, 0.3) is 5.91 Å². The maximum absolute atomic E-state index is 12.4. The number of morpholine rings is 1. The third-order valence-electron chi connectivity index (χ3n) is 4.67. The van der Waals surface area contributed by atoms with Crippen LogP contribution >= 0.6 is 11.3 Å². The molecule has 26 heavy (non-hydrogen) atoms. The van der Waals surface area contributed by atoms with E-state index in [4.69, 9.17) is 14.5 Å². The topological polar surface area (TPSA) is 63.7 Å². The van der Waals surface area contributed by atoms with Gasteiger partial charge in [-0.05, 0) is 12.8 Å². The molecule has 1 unspecified atom stereocenters. The second-order valence-electron chi connectivity index (χ2n) is 6.54. The van der Waals surface area contributed by atoms with E-state index < -0.39 is 0 Å². The summed E-state index contributed by atoms with van der Waals surface area (Å²) in [6, 6.07) is 10.1. The molecule has 1 aromatic heterocycles. The normalized spacial score (nSPS) is 21.0. The SMILES string of the molecule is O=C(Nc1nc(-c2ccccc2)c(CN2CCOCC2)s1)C1CCCO1. The number of ether oxygens (including phenoxy) is 2. The number of thiazole rings is 1. The predicted octanol–water partition coefficient (Wildman–Crippen LogP) is 2.76. The third-order valence-corrected chi connectivity index (χ3v) is 5.62. The molecule has 0 spiro atoms. The second kappa shape index (κ2) is 8.26. The molecule has 4 rings (SSSR count). The smallest absolute Gasteiger partial charge is 0.255 e. The van der Waals surface area contributed by atoms with E-state index in [1.807, 2.05) is 18.2 Å². The fourth-order valence-electron chi connectivity index (χ4n) is 3.27. The van der Waals surface area contributed by atoms with E-state index >= 15 is 0 Å². The summed E-state index contributed by atoms with van der Waals surface area (Å²) in [5.41, 5.74) is 2.02. The van der Waals surface area contributed by atoms with Crippen LogP contribution in [0.15, 0.2) is 30.3 Å². The summed E-state index contributed by atoms with van der Waals surface area (Å²) >= 11 is 1.55. The number of nitrogens with zero attached hydrogens (tertiary/aromatic N) is 2. The molecule has 2 saturated heterocycles. The first kappa shape index (κ1) is 17.6.